The smallest absolute Gasteiger partial charge is 0.275 e. The summed E-state index contributed by atoms with van der Waals surface area (Å²) in [5, 5.41) is 0.0199. The third kappa shape index (κ3) is 3.01. The van der Waals surface area contributed by atoms with E-state index in [2.05, 4.69) is 4.98 Å². The number of imidazole rings is 1. The molecule has 0 spiro atoms. The molecule has 0 radical (unpaired) electrons. The standard InChI is InChI=1S/C20H18ClFN4O2/c1-12-8-24(11-23-12)16-6-7-17-20(28)25(13(2)9-26(17)19(16)27)10-14-4-3-5-15(21)18(14)22/h3-8,11,13H,9-10H2,1-2H3/t13-/m1/s1. The Morgan fingerprint density at radius 2 is 2.04 bits per heavy atom. The molecule has 0 bridgehead atoms. The Morgan fingerprint density at radius 3 is 2.75 bits per heavy atom. The Bertz CT molecular complexity index is 1140. The maximum absolute atomic E-state index is 14.3. The number of fused-ring (bicyclic) bond motifs is 1. The van der Waals surface area contributed by atoms with Gasteiger partial charge in [-0.3, -0.25) is 9.59 Å². The van der Waals surface area contributed by atoms with Crippen LogP contribution in [0.15, 0.2) is 47.7 Å². The molecule has 0 N–H and O–H groups in total. The molecule has 0 fully saturated rings. The molecule has 0 saturated carbocycles. The number of carbonyl (C=O) groups is 1. The van der Waals surface area contributed by atoms with Crippen molar-refractivity contribution in [1.29, 1.82) is 0 Å². The Morgan fingerprint density at radius 1 is 1.25 bits per heavy atom. The minimum absolute atomic E-state index is 0.0199. The molecular weight excluding hydrogens is 383 g/mol. The second-order valence-electron chi connectivity index (χ2n) is 6.94. The Hall–Kier alpha value is -2.93. The highest BCUT2D eigenvalue weighted by Crippen LogP contribution is 2.24. The van der Waals surface area contributed by atoms with Gasteiger partial charge in [0.25, 0.3) is 11.5 Å². The second-order valence-corrected chi connectivity index (χ2v) is 7.34. The molecule has 6 nitrogen and oxygen atoms in total. The molecule has 144 valence electrons. The fraction of sp³-hybridized carbons (Fsp3) is 0.250. The summed E-state index contributed by atoms with van der Waals surface area (Å²) in [6.07, 6.45) is 3.33. The summed E-state index contributed by atoms with van der Waals surface area (Å²) in [6, 6.07) is 7.68. The molecule has 1 atom stereocenters. The molecular formula is C20H18ClFN4O2. The molecule has 0 unspecified atom stereocenters. The van der Waals surface area contributed by atoms with E-state index in [0.717, 1.165) is 5.69 Å². The summed E-state index contributed by atoms with van der Waals surface area (Å²) in [4.78, 5) is 31.7. The van der Waals surface area contributed by atoms with Gasteiger partial charge in [-0.05, 0) is 32.0 Å². The fourth-order valence-corrected chi connectivity index (χ4v) is 3.67. The lowest BCUT2D eigenvalue weighted by Crippen LogP contribution is -2.49. The highest BCUT2D eigenvalue weighted by atomic mass is 35.5. The van der Waals surface area contributed by atoms with E-state index >= 15 is 0 Å². The van der Waals surface area contributed by atoms with Crippen LogP contribution in [0.4, 0.5) is 4.39 Å². The molecule has 4 rings (SSSR count). The first-order chi connectivity index (χ1) is 13.4. The Kier molecular flexibility index (Phi) is 4.55. The van der Waals surface area contributed by atoms with Gasteiger partial charge in [-0.25, -0.2) is 9.37 Å². The largest absolute Gasteiger partial charge is 0.328 e. The summed E-state index contributed by atoms with van der Waals surface area (Å²) < 4.78 is 17.4. The van der Waals surface area contributed by atoms with Crippen molar-refractivity contribution >= 4 is 17.5 Å². The van der Waals surface area contributed by atoms with Crippen LogP contribution >= 0.6 is 11.6 Å². The second kappa shape index (κ2) is 6.91. The Labute approximate surface area is 165 Å². The van der Waals surface area contributed by atoms with Crippen LogP contribution in [0.25, 0.3) is 5.69 Å². The van der Waals surface area contributed by atoms with Gasteiger partial charge in [-0.1, -0.05) is 23.7 Å². The molecule has 0 aliphatic carbocycles. The number of aryl methyl sites for hydroxylation is 1. The van der Waals surface area contributed by atoms with Crippen LogP contribution in [0.1, 0.15) is 28.7 Å². The summed E-state index contributed by atoms with van der Waals surface area (Å²) >= 11 is 5.85. The fourth-order valence-electron chi connectivity index (χ4n) is 3.48. The molecule has 1 aliphatic rings. The number of pyridine rings is 1. The maximum Gasteiger partial charge on any atom is 0.275 e. The van der Waals surface area contributed by atoms with Gasteiger partial charge in [0.05, 0.1) is 17.0 Å². The zero-order chi connectivity index (χ0) is 20.0. The molecule has 2 aromatic heterocycles. The van der Waals surface area contributed by atoms with E-state index < -0.39 is 5.82 Å². The minimum Gasteiger partial charge on any atom is -0.328 e. The predicted octanol–water partition coefficient (Wildman–Crippen LogP) is 3.18. The molecule has 3 aromatic rings. The molecule has 3 heterocycles. The zero-order valence-corrected chi connectivity index (χ0v) is 16.2. The molecule has 28 heavy (non-hydrogen) atoms. The van der Waals surface area contributed by atoms with E-state index in [4.69, 9.17) is 11.6 Å². The monoisotopic (exact) mass is 400 g/mol. The molecule has 1 amide bonds. The third-order valence-electron chi connectivity index (χ3n) is 4.98. The SMILES string of the molecule is Cc1cn(-c2ccc3n(c2=O)C[C@@H](C)N(Cc2cccc(Cl)c2F)C3=O)cn1. The van der Waals surface area contributed by atoms with Crippen LogP contribution in [-0.2, 0) is 13.1 Å². The van der Waals surface area contributed by atoms with E-state index in [1.807, 2.05) is 13.8 Å². The predicted molar refractivity (Wildman–Crippen MR) is 103 cm³/mol. The van der Waals surface area contributed by atoms with Crippen molar-refractivity contribution in [2.24, 2.45) is 0 Å². The third-order valence-corrected chi connectivity index (χ3v) is 5.27. The van der Waals surface area contributed by atoms with Gasteiger partial charge < -0.3 is 14.0 Å². The maximum atomic E-state index is 14.3. The van der Waals surface area contributed by atoms with Crippen molar-refractivity contribution in [1.82, 2.24) is 19.0 Å². The molecule has 8 heteroatoms. The first kappa shape index (κ1) is 18.4. The van der Waals surface area contributed by atoms with Gasteiger partial charge in [0.1, 0.15) is 17.2 Å². The lowest BCUT2D eigenvalue weighted by Gasteiger charge is -2.35. The number of halogens is 2. The van der Waals surface area contributed by atoms with E-state index in [0.29, 0.717) is 17.8 Å². The topological polar surface area (TPSA) is 60.1 Å². The van der Waals surface area contributed by atoms with Crippen molar-refractivity contribution in [2.45, 2.75) is 33.0 Å². The average Bonchev–Trinajstić information content (AvgIpc) is 3.09. The van der Waals surface area contributed by atoms with Crippen LogP contribution in [0.3, 0.4) is 0 Å². The van der Waals surface area contributed by atoms with Crippen molar-refractivity contribution in [2.75, 3.05) is 0 Å². The number of amides is 1. The van der Waals surface area contributed by atoms with Crippen molar-refractivity contribution in [3.63, 3.8) is 0 Å². The molecule has 0 saturated heterocycles. The quantitative estimate of drug-likeness (QED) is 0.678. The van der Waals surface area contributed by atoms with Gasteiger partial charge >= 0.3 is 0 Å². The van der Waals surface area contributed by atoms with Crippen LogP contribution in [0.2, 0.25) is 5.02 Å². The summed E-state index contributed by atoms with van der Waals surface area (Å²) in [7, 11) is 0. The number of aromatic nitrogens is 3. The van der Waals surface area contributed by atoms with Crippen LogP contribution < -0.4 is 5.56 Å². The number of rotatable bonds is 3. The number of carbonyl (C=O) groups excluding carboxylic acids is 1. The highest BCUT2D eigenvalue weighted by Gasteiger charge is 2.31. The lowest BCUT2D eigenvalue weighted by molar-refractivity contribution is 0.0587. The summed E-state index contributed by atoms with van der Waals surface area (Å²) in [5.41, 5.74) is 1.59. The number of nitrogens with zero attached hydrogens (tertiary/aromatic N) is 4. The van der Waals surface area contributed by atoms with Gasteiger partial charge in [0.2, 0.25) is 0 Å². The Balaban J connectivity index is 1.71. The van der Waals surface area contributed by atoms with Crippen LogP contribution in [0.5, 0.6) is 0 Å². The van der Waals surface area contributed by atoms with Crippen molar-refractivity contribution in [3.05, 3.63) is 81.0 Å². The molecule has 1 aromatic carbocycles. The van der Waals surface area contributed by atoms with Crippen molar-refractivity contribution in [3.8, 4) is 5.69 Å². The van der Waals surface area contributed by atoms with Gasteiger partial charge in [-0.15, -0.1) is 0 Å². The number of hydrogen-bond acceptors (Lipinski definition) is 3. The average molecular weight is 401 g/mol. The summed E-state index contributed by atoms with van der Waals surface area (Å²) in [5.74, 6) is -0.846. The zero-order valence-electron chi connectivity index (χ0n) is 15.4. The van der Waals surface area contributed by atoms with Gasteiger partial charge in [0, 0.05) is 30.9 Å². The van der Waals surface area contributed by atoms with E-state index in [9.17, 15) is 14.0 Å². The lowest BCUT2D eigenvalue weighted by atomic mass is 10.1. The number of benzene rings is 1. The minimum atomic E-state index is -0.530. The van der Waals surface area contributed by atoms with Crippen LogP contribution in [0, 0.1) is 12.7 Å². The van der Waals surface area contributed by atoms with E-state index in [1.54, 1.807) is 46.3 Å². The first-order valence-electron chi connectivity index (χ1n) is 8.85. The normalized spacial score (nSPS) is 16.4. The van der Waals surface area contributed by atoms with Crippen molar-refractivity contribution < 1.29 is 9.18 Å². The highest BCUT2D eigenvalue weighted by molar-refractivity contribution is 6.30. The number of hydrogen-bond donors (Lipinski definition) is 0. The van der Waals surface area contributed by atoms with E-state index in [-0.39, 0.29) is 34.8 Å². The summed E-state index contributed by atoms with van der Waals surface area (Å²) in [6.45, 7) is 4.08. The first-order valence-corrected chi connectivity index (χ1v) is 9.23. The van der Waals surface area contributed by atoms with E-state index in [1.165, 1.54) is 10.6 Å². The van der Waals surface area contributed by atoms with Crippen LogP contribution in [-0.4, -0.2) is 31.0 Å². The van der Waals surface area contributed by atoms with Gasteiger partial charge in [0.15, 0.2) is 0 Å². The molecule has 1 aliphatic heterocycles. The van der Waals surface area contributed by atoms with Gasteiger partial charge in [-0.2, -0.15) is 0 Å².